The number of nitrogens with two attached hydrogens (primary N) is 1. The molecular weight excluding hydrogens is 479 g/mol. The van der Waals surface area contributed by atoms with Crippen LogP contribution in [0.5, 0.6) is 0 Å². The first-order valence-electron chi connectivity index (χ1n) is 11.0. The fourth-order valence-electron chi connectivity index (χ4n) is 5.14. The smallest absolute Gasteiger partial charge is 0.352 e. The first kappa shape index (κ1) is 26.2. The average Bonchev–Trinajstić information content (AvgIpc) is 3.07. The molecule has 0 radical (unpaired) electrons. The molecule has 3 atom stereocenters. The maximum absolute atomic E-state index is 14.3. The van der Waals surface area contributed by atoms with Gasteiger partial charge in [-0.3, -0.25) is 9.59 Å². The fraction of sp³-hybridized carbons (Fsp3) is 0.478. The number of nitrogens with one attached hydrogen (secondary N) is 1. The number of benzene rings is 1. The number of sulfone groups is 1. The summed E-state index contributed by atoms with van der Waals surface area (Å²) >= 11 is 0. The molecular formula is C23H27FN4O6S. The van der Waals surface area contributed by atoms with Gasteiger partial charge in [0.15, 0.2) is 0 Å². The molecule has 1 heterocycles. The number of aromatic carboxylic acids is 1. The van der Waals surface area contributed by atoms with E-state index in [-0.39, 0.29) is 41.7 Å². The summed E-state index contributed by atoms with van der Waals surface area (Å²) in [5.74, 6) is -5.14. The highest BCUT2D eigenvalue weighted by Crippen LogP contribution is 2.48. The van der Waals surface area contributed by atoms with E-state index >= 15 is 0 Å². The maximum atomic E-state index is 14.3. The van der Waals surface area contributed by atoms with Gasteiger partial charge in [-0.25, -0.2) is 17.6 Å². The van der Waals surface area contributed by atoms with Crippen LogP contribution in [0.15, 0.2) is 18.2 Å². The van der Waals surface area contributed by atoms with Gasteiger partial charge in [-0.2, -0.15) is 5.26 Å². The molecule has 1 aromatic carbocycles. The number of amides is 2. The largest absolute Gasteiger partial charge is 0.477 e. The number of aromatic nitrogens is 1. The fourth-order valence-corrected chi connectivity index (χ4v) is 5.80. The van der Waals surface area contributed by atoms with Crippen molar-refractivity contribution in [2.75, 3.05) is 12.0 Å². The minimum Gasteiger partial charge on any atom is -0.477 e. The number of nitriles is 1. The summed E-state index contributed by atoms with van der Waals surface area (Å²) in [6.45, 7) is 0. The predicted octanol–water partition coefficient (Wildman–Crippen LogP) is 1.37. The topological polar surface area (TPSA) is 172 Å². The second-order valence-corrected chi connectivity index (χ2v) is 11.3. The van der Waals surface area contributed by atoms with Crippen molar-refractivity contribution in [2.24, 2.45) is 18.7 Å². The molecule has 1 aromatic heterocycles. The summed E-state index contributed by atoms with van der Waals surface area (Å²) in [6, 6.07) is 4.39. The molecule has 2 aromatic rings. The van der Waals surface area contributed by atoms with Crippen molar-refractivity contribution < 1.29 is 32.3 Å². The van der Waals surface area contributed by atoms with Gasteiger partial charge in [0.25, 0.3) is 0 Å². The van der Waals surface area contributed by atoms with E-state index in [1.54, 1.807) is 0 Å². The van der Waals surface area contributed by atoms with Crippen LogP contribution in [0.25, 0.3) is 10.9 Å². The maximum Gasteiger partial charge on any atom is 0.352 e. The third kappa shape index (κ3) is 4.86. The zero-order valence-electron chi connectivity index (χ0n) is 19.4. The van der Waals surface area contributed by atoms with Crippen molar-refractivity contribution in [3.05, 3.63) is 35.3 Å². The molecule has 12 heteroatoms. The van der Waals surface area contributed by atoms with E-state index in [0.29, 0.717) is 18.4 Å². The number of rotatable bonds is 8. The van der Waals surface area contributed by atoms with Gasteiger partial charge < -0.3 is 20.7 Å². The number of halogens is 1. The van der Waals surface area contributed by atoms with Crippen LogP contribution in [-0.4, -0.2) is 53.9 Å². The molecule has 2 amide bonds. The van der Waals surface area contributed by atoms with Crippen molar-refractivity contribution in [3.63, 3.8) is 0 Å². The summed E-state index contributed by atoms with van der Waals surface area (Å²) in [5, 5.41) is 22.1. The number of hydrogen-bond donors (Lipinski definition) is 3. The molecule has 35 heavy (non-hydrogen) atoms. The Morgan fingerprint density at radius 2 is 2.06 bits per heavy atom. The molecule has 1 aliphatic carbocycles. The number of fused-ring (bicyclic) bond motifs is 1. The second kappa shape index (κ2) is 9.65. The standard InChI is InChI=1S/C23H27FN4O6S/c1-28-17-7-6-13(24)11-15(17)18(19(28)21(30)31)23(22(26)32)9-4-3-5-16(23)20(29)27-14(12-25)8-10-35(2,33)34/h6-7,11,14,16H,3-5,8-10H2,1-2H3,(H2,26,32)(H,27,29)(H,30,31)/t14-,16-,23-/m0/s1. The molecule has 188 valence electrons. The Balaban J connectivity index is 2.18. The van der Waals surface area contributed by atoms with Crippen LogP contribution in [0.2, 0.25) is 0 Å². The lowest BCUT2D eigenvalue weighted by Crippen LogP contribution is -2.56. The molecule has 4 N–H and O–H groups in total. The summed E-state index contributed by atoms with van der Waals surface area (Å²) in [7, 11) is -1.92. The van der Waals surface area contributed by atoms with Gasteiger partial charge in [-0.05, 0) is 37.5 Å². The Bertz CT molecular complexity index is 1350. The van der Waals surface area contributed by atoms with Gasteiger partial charge in [-0.15, -0.1) is 0 Å². The van der Waals surface area contributed by atoms with E-state index in [0.717, 1.165) is 12.3 Å². The van der Waals surface area contributed by atoms with Crippen LogP contribution in [0.4, 0.5) is 4.39 Å². The first-order valence-corrected chi connectivity index (χ1v) is 13.1. The number of hydrogen-bond acceptors (Lipinski definition) is 6. The van der Waals surface area contributed by atoms with Crippen LogP contribution in [0, 0.1) is 23.1 Å². The number of carbonyl (C=O) groups is 3. The van der Waals surface area contributed by atoms with Crippen molar-refractivity contribution in [3.8, 4) is 6.07 Å². The Morgan fingerprint density at radius 1 is 1.37 bits per heavy atom. The quantitative estimate of drug-likeness (QED) is 0.485. The number of primary amides is 1. The lowest BCUT2D eigenvalue weighted by Gasteiger charge is -2.41. The van der Waals surface area contributed by atoms with Gasteiger partial charge >= 0.3 is 5.97 Å². The van der Waals surface area contributed by atoms with Gasteiger partial charge in [-0.1, -0.05) is 12.8 Å². The van der Waals surface area contributed by atoms with E-state index in [4.69, 9.17) is 5.73 Å². The first-order chi connectivity index (χ1) is 16.3. The molecule has 1 aliphatic rings. The van der Waals surface area contributed by atoms with Crippen LogP contribution in [0.3, 0.4) is 0 Å². The normalized spacial score (nSPS) is 21.3. The molecule has 3 rings (SSSR count). The summed E-state index contributed by atoms with van der Waals surface area (Å²) in [5.41, 5.74) is 4.16. The van der Waals surface area contributed by atoms with Crippen LogP contribution < -0.4 is 11.1 Å². The number of carboxylic acid groups (broad SMARTS) is 1. The van der Waals surface area contributed by atoms with E-state index < -0.39 is 50.8 Å². The van der Waals surface area contributed by atoms with Crippen molar-refractivity contribution in [2.45, 2.75) is 43.6 Å². The lowest BCUT2D eigenvalue weighted by atomic mass is 9.60. The predicted molar refractivity (Wildman–Crippen MR) is 125 cm³/mol. The third-order valence-electron chi connectivity index (χ3n) is 6.72. The average molecular weight is 507 g/mol. The Morgan fingerprint density at radius 3 is 2.63 bits per heavy atom. The highest BCUT2D eigenvalue weighted by molar-refractivity contribution is 7.90. The molecule has 0 aliphatic heterocycles. The summed E-state index contributed by atoms with van der Waals surface area (Å²) < 4.78 is 38.6. The van der Waals surface area contributed by atoms with E-state index in [9.17, 15) is 37.6 Å². The number of carboxylic acids is 1. The summed E-state index contributed by atoms with van der Waals surface area (Å²) in [6.07, 6.45) is 2.08. The number of nitrogens with zero attached hydrogens (tertiary/aromatic N) is 2. The Kier molecular flexibility index (Phi) is 7.21. The Labute approximate surface area is 201 Å². The molecule has 0 unspecified atom stereocenters. The minimum atomic E-state index is -3.39. The zero-order chi connectivity index (χ0) is 26.1. The van der Waals surface area contributed by atoms with Crippen LogP contribution in [-0.2, 0) is 31.9 Å². The van der Waals surface area contributed by atoms with Crippen molar-refractivity contribution in [1.82, 2.24) is 9.88 Å². The number of aryl methyl sites for hydroxylation is 1. The van der Waals surface area contributed by atoms with Gasteiger partial charge in [0.05, 0.1) is 23.2 Å². The Hall–Kier alpha value is -3.46. The highest BCUT2D eigenvalue weighted by atomic mass is 32.2. The van der Waals surface area contributed by atoms with Gasteiger partial charge in [0, 0.05) is 29.8 Å². The van der Waals surface area contributed by atoms with E-state index in [1.807, 2.05) is 6.07 Å². The third-order valence-corrected chi connectivity index (χ3v) is 7.70. The van der Waals surface area contributed by atoms with Gasteiger partial charge in [0.2, 0.25) is 11.8 Å². The van der Waals surface area contributed by atoms with E-state index in [2.05, 4.69) is 5.32 Å². The monoisotopic (exact) mass is 506 g/mol. The minimum absolute atomic E-state index is 0.0287. The molecule has 0 bridgehead atoms. The lowest BCUT2D eigenvalue weighted by molar-refractivity contribution is -0.137. The molecule has 10 nitrogen and oxygen atoms in total. The molecule has 0 spiro atoms. The molecule has 0 saturated heterocycles. The van der Waals surface area contributed by atoms with Crippen molar-refractivity contribution >= 4 is 38.5 Å². The van der Waals surface area contributed by atoms with Crippen LogP contribution in [0.1, 0.15) is 48.2 Å². The second-order valence-electron chi connectivity index (χ2n) is 8.99. The zero-order valence-corrected chi connectivity index (χ0v) is 20.2. The molecule has 1 fully saturated rings. The highest BCUT2D eigenvalue weighted by Gasteiger charge is 2.54. The van der Waals surface area contributed by atoms with Gasteiger partial charge in [0.1, 0.15) is 27.4 Å². The number of carbonyl (C=O) groups excluding carboxylic acids is 2. The SMILES string of the molecule is Cn1c(C(=O)O)c([C@]2(C(N)=O)CCCC[C@H]2C(=O)N[C@H](C#N)CCS(C)(=O)=O)c2cc(F)ccc21. The summed E-state index contributed by atoms with van der Waals surface area (Å²) in [4.78, 5) is 38.9. The van der Waals surface area contributed by atoms with E-state index in [1.165, 1.54) is 23.7 Å². The van der Waals surface area contributed by atoms with Crippen molar-refractivity contribution in [1.29, 1.82) is 5.26 Å². The molecule has 1 saturated carbocycles. The van der Waals surface area contributed by atoms with Crippen LogP contribution >= 0.6 is 0 Å².